The lowest BCUT2D eigenvalue weighted by Crippen LogP contribution is -2.16. The SMILES string of the molecule is Cc1nc2cc(C(C)C)c(-c3ccc(Cl)c(OC4CCOC4)c3)cc2c(=O)[nH]1. The Morgan fingerprint density at radius 2 is 2.11 bits per heavy atom. The number of nitrogens with one attached hydrogen (secondary N) is 1. The Bertz CT molecular complexity index is 1090. The summed E-state index contributed by atoms with van der Waals surface area (Å²) in [4.78, 5) is 19.7. The fourth-order valence-electron chi connectivity index (χ4n) is 3.59. The van der Waals surface area contributed by atoms with Gasteiger partial charge in [0.25, 0.3) is 5.56 Å². The first kappa shape index (κ1) is 19.0. The van der Waals surface area contributed by atoms with Crippen molar-refractivity contribution in [2.75, 3.05) is 13.2 Å². The highest BCUT2D eigenvalue weighted by atomic mass is 35.5. The van der Waals surface area contributed by atoms with Crippen LogP contribution in [-0.2, 0) is 4.74 Å². The maximum Gasteiger partial charge on any atom is 0.258 e. The van der Waals surface area contributed by atoms with E-state index in [0.29, 0.717) is 40.7 Å². The van der Waals surface area contributed by atoms with E-state index in [0.717, 1.165) is 23.1 Å². The van der Waals surface area contributed by atoms with Crippen LogP contribution in [0.4, 0.5) is 0 Å². The Labute approximate surface area is 168 Å². The van der Waals surface area contributed by atoms with Crippen LogP contribution >= 0.6 is 11.6 Å². The van der Waals surface area contributed by atoms with Crippen molar-refractivity contribution in [3.8, 4) is 16.9 Å². The molecule has 0 spiro atoms. The van der Waals surface area contributed by atoms with Crippen LogP contribution in [0, 0.1) is 6.92 Å². The third-order valence-corrected chi connectivity index (χ3v) is 5.35. The molecular weight excluding hydrogens is 376 g/mol. The van der Waals surface area contributed by atoms with Crippen LogP contribution in [0.25, 0.3) is 22.0 Å². The molecule has 1 fully saturated rings. The smallest absolute Gasteiger partial charge is 0.258 e. The van der Waals surface area contributed by atoms with Gasteiger partial charge in [-0.05, 0) is 53.8 Å². The zero-order valence-electron chi connectivity index (χ0n) is 16.2. The summed E-state index contributed by atoms with van der Waals surface area (Å²) in [7, 11) is 0. The maximum absolute atomic E-state index is 12.5. The van der Waals surface area contributed by atoms with Crippen molar-refractivity contribution >= 4 is 22.5 Å². The van der Waals surface area contributed by atoms with Gasteiger partial charge in [-0.1, -0.05) is 31.5 Å². The molecule has 1 saturated heterocycles. The van der Waals surface area contributed by atoms with Crippen molar-refractivity contribution < 1.29 is 9.47 Å². The molecule has 3 aromatic rings. The number of aryl methyl sites for hydroxylation is 1. The molecule has 2 aromatic carbocycles. The van der Waals surface area contributed by atoms with Crippen molar-refractivity contribution in [2.24, 2.45) is 0 Å². The van der Waals surface area contributed by atoms with Crippen molar-refractivity contribution in [2.45, 2.75) is 39.2 Å². The maximum atomic E-state index is 12.5. The molecule has 1 atom stereocenters. The number of H-pyrrole nitrogens is 1. The van der Waals surface area contributed by atoms with Crippen molar-refractivity contribution in [1.29, 1.82) is 0 Å². The van der Waals surface area contributed by atoms with Crippen LogP contribution < -0.4 is 10.3 Å². The predicted molar refractivity (Wildman–Crippen MR) is 111 cm³/mol. The summed E-state index contributed by atoms with van der Waals surface area (Å²) in [5.41, 5.74) is 3.66. The van der Waals surface area contributed by atoms with E-state index in [4.69, 9.17) is 21.1 Å². The Balaban J connectivity index is 1.85. The molecule has 146 valence electrons. The van der Waals surface area contributed by atoms with Gasteiger partial charge in [-0.15, -0.1) is 0 Å². The number of rotatable bonds is 4. The minimum Gasteiger partial charge on any atom is -0.486 e. The molecule has 4 rings (SSSR count). The Morgan fingerprint density at radius 1 is 1.29 bits per heavy atom. The third kappa shape index (κ3) is 3.64. The summed E-state index contributed by atoms with van der Waals surface area (Å²) >= 11 is 6.37. The highest BCUT2D eigenvalue weighted by Crippen LogP contribution is 2.36. The average molecular weight is 399 g/mol. The number of aromatic amines is 1. The van der Waals surface area contributed by atoms with Gasteiger partial charge in [0.1, 0.15) is 17.7 Å². The number of halogens is 1. The summed E-state index contributed by atoms with van der Waals surface area (Å²) in [6.07, 6.45) is 0.873. The highest BCUT2D eigenvalue weighted by molar-refractivity contribution is 6.32. The molecule has 1 N–H and O–H groups in total. The van der Waals surface area contributed by atoms with Crippen LogP contribution in [0.3, 0.4) is 0 Å². The summed E-state index contributed by atoms with van der Waals surface area (Å²) in [6.45, 7) is 7.34. The van der Waals surface area contributed by atoms with Gasteiger partial charge in [-0.3, -0.25) is 4.79 Å². The molecule has 1 aliphatic heterocycles. The van der Waals surface area contributed by atoms with Crippen LogP contribution in [0.5, 0.6) is 5.75 Å². The summed E-state index contributed by atoms with van der Waals surface area (Å²) in [5, 5.41) is 1.14. The quantitative estimate of drug-likeness (QED) is 0.682. The molecule has 0 bridgehead atoms. The largest absolute Gasteiger partial charge is 0.486 e. The number of ether oxygens (including phenoxy) is 2. The molecule has 0 aliphatic carbocycles. The zero-order chi connectivity index (χ0) is 19.8. The van der Waals surface area contributed by atoms with Gasteiger partial charge >= 0.3 is 0 Å². The highest BCUT2D eigenvalue weighted by Gasteiger charge is 2.20. The van der Waals surface area contributed by atoms with E-state index in [2.05, 4.69) is 23.8 Å². The lowest BCUT2D eigenvalue weighted by Gasteiger charge is -2.17. The summed E-state index contributed by atoms with van der Waals surface area (Å²) in [5.74, 6) is 1.52. The Hall–Kier alpha value is -2.37. The van der Waals surface area contributed by atoms with Gasteiger partial charge in [0, 0.05) is 6.42 Å². The molecule has 0 radical (unpaired) electrons. The van der Waals surface area contributed by atoms with Gasteiger partial charge in [0.05, 0.1) is 29.1 Å². The topological polar surface area (TPSA) is 64.2 Å². The van der Waals surface area contributed by atoms with E-state index in [-0.39, 0.29) is 17.6 Å². The van der Waals surface area contributed by atoms with Gasteiger partial charge in [0.15, 0.2) is 0 Å². The van der Waals surface area contributed by atoms with Gasteiger partial charge in [-0.25, -0.2) is 4.98 Å². The van der Waals surface area contributed by atoms with E-state index in [9.17, 15) is 4.79 Å². The normalized spacial score (nSPS) is 16.8. The standard InChI is InChI=1S/C22H23ClN2O3/c1-12(2)16-10-20-18(22(26)25-13(3)24-20)9-17(16)14-4-5-19(23)21(8-14)28-15-6-7-27-11-15/h4-5,8-10,12,15H,6-7,11H2,1-3H3,(H,24,25,26). The van der Waals surface area contributed by atoms with Gasteiger partial charge < -0.3 is 14.5 Å². The number of nitrogens with zero attached hydrogens (tertiary/aromatic N) is 1. The minimum absolute atomic E-state index is 0.0175. The molecular formula is C22H23ClN2O3. The molecule has 6 heteroatoms. The summed E-state index contributed by atoms with van der Waals surface area (Å²) < 4.78 is 11.5. The lowest BCUT2D eigenvalue weighted by molar-refractivity contribution is 0.141. The molecule has 1 aliphatic rings. The second-order valence-corrected chi connectivity index (χ2v) is 7.92. The number of benzene rings is 2. The van der Waals surface area contributed by atoms with Crippen molar-refractivity contribution in [3.63, 3.8) is 0 Å². The molecule has 5 nitrogen and oxygen atoms in total. The van der Waals surface area contributed by atoms with Crippen molar-refractivity contribution in [3.05, 3.63) is 57.1 Å². The molecule has 1 unspecified atom stereocenters. The first-order valence-corrected chi connectivity index (χ1v) is 9.89. The van der Waals surface area contributed by atoms with E-state index in [1.165, 1.54) is 0 Å². The fourth-order valence-corrected chi connectivity index (χ4v) is 3.76. The van der Waals surface area contributed by atoms with Gasteiger partial charge in [-0.2, -0.15) is 0 Å². The van der Waals surface area contributed by atoms with E-state index in [1.807, 2.05) is 30.3 Å². The van der Waals surface area contributed by atoms with E-state index >= 15 is 0 Å². The molecule has 0 amide bonds. The monoisotopic (exact) mass is 398 g/mol. The minimum atomic E-state index is -0.132. The van der Waals surface area contributed by atoms with Crippen LogP contribution in [-0.4, -0.2) is 29.3 Å². The average Bonchev–Trinajstić information content (AvgIpc) is 3.15. The van der Waals surface area contributed by atoms with E-state index in [1.54, 1.807) is 6.92 Å². The van der Waals surface area contributed by atoms with Crippen LogP contribution in [0.15, 0.2) is 35.1 Å². The fraction of sp³-hybridized carbons (Fsp3) is 0.364. The predicted octanol–water partition coefficient (Wildman–Crippen LogP) is 4.84. The first-order valence-electron chi connectivity index (χ1n) is 9.51. The molecule has 0 saturated carbocycles. The van der Waals surface area contributed by atoms with E-state index < -0.39 is 0 Å². The number of hydrogen-bond acceptors (Lipinski definition) is 4. The van der Waals surface area contributed by atoms with Crippen molar-refractivity contribution in [1.82, 2.24) is 9.97 Å². The second kappa shape index (κ2) is 7.57. The number of hydrogen-bond donors (Lipinski definition) is 1. The number of fused-ring (bicyclic) bond motifs is 1. The van der Waals surface area contributed by atoms with Crippen LogP contribution in [0.2, 0.25) is 5.02 Å². The molecule has 28 heavy (non-hydrogen) atoms. The second-order valence-electron chi connectivity index (χ2n) is 7.51. The molecule has 2 heterocycles. The number of aromatic nitrogens is 2. The first-order chi connectivity index (χ1) is 13.4. The summed E-state index contributed by atoms with van der Waals surface area (Å²) in [6, 6.07) is 9.68. The molecule has 1 aromatic heterocycles. The lowest BCUT2D eigenvalue weighted by atomic mass is 9.91. The Morgan fingerprint density at radius 3 is 2.82 bits per heavy atom. The Kier molecular flexibility index (Phi) is 5.13. The van der Waals surface area contributed by atoms with Gasteiger partial charge in [0.2, 0.25) is 0 Å². The zero-order valence-corrected chi connectivity index (χ0v) is 17.0. The third-order valence-electron chi connectivity index (χ3n) is 5.04. The van der Waals surface area contributed by atoms with Crippen LogP contribution in [0.1, 0.15) is 37.6 Å².